The van der Waals surface area contributed by atoms with Gasteiger partial charge in [0.2, 0.25) is 5.28 Å². The van der Waals surface area contributed by atoms with Crippen LogP contribution in [0.15, 0.2) is 30.7 Å². The highest BCUT2D eigenvalue weighted by Crippen LogP contribution is 2.27. The van der Waals surface area contributed by atoms with E-state index in [2.05, 4.69) is 15.0 Å². The monoisotopic (exact) mass is 278 g/mol. The zero-order valence-electron chi connectivity index (χ0n) is 9.43. The molecular formula is C12H8Cl2N4. The minimum atomic E-state index is 0.169. The lowest BCUT2D eigenvalue weighted by atomic mass is 10.2. The van der Waals surface area contributed by atoms with Gasteiger partial charge in [-0.15, -0.1) is 0 Å². The lowest BCUT2D eigenvalue weighted by Crippen LogP contribution is -1.91. The summed E-state index contributed by atoms with van der Waals surface area (Å²) in [7, 11) is 1.95. The van der Waals surface area contributed by atoms with Crippen molar-refractivity contribution in [2.75, 3.05) is 0 Å². The molecule has 0 saturated heterocycles. The highest BCUT2D eigenvalue weighted by Gasteiger charge is 2.09. The van der Waals surface area contributed by atoms with Gasteiger partial charge in [0, 0.05) is 30.4 Å². The molecule has 0 aliphatic rings. The molecule has 0 atom stereocenters. The molecule has 0 saturated carbocycles. The maximum absolute atomic E-state index is 6.07. The number of fused-ring (bicyclic) bond motifs is 1. The summed E-state index contributed by atoms with van der Waals surface area (Å²) in [5.74, 6) is 0. The first kappa shape index (κ1) is 11.4. The number of halogens is 2. The topological polar surface area (TPSA) is 43.6 Å². The Hall–Kier alpha value is -1.65. The maximum atomic E-state index is 6.07. The van der Waals surface area contributed by atoms with Crippen LogP contribution in [0.4, 0.5) is 0 Å². The molecule has 0 unspecified atom stereocenters. The maximum Gasteiger partial charge on any atom is 0.222 e. The molecule has 0 fully saturated rings. The van der Waals surface area contributed by atoms with Crippen molar-refractivity contribution in [2.45, 2.75) is 0 Å². The molecule has 0 radical (unpaired) electrons. The summed E-state index contributed by atoms with van der Waals surface area (Å²) in [6.45, 7) is 0. The summed E-state index contributed by atoms with van der Waals surface area (Å²) in [4.78, 5) is 12.3. The zero-order chi connectivity index (χ0) is 12.7. The molecule has 0 aromatic carbocycles. The van der Waals surface area contributed by atoms with Crippen molar-refractivity contribution in [2.24, 2.45) is 7.05 Å². The van der Waals surface area contributed by atoms with E-state index < -0.39 is 0 Å². The Labute approximate surface area is 113 Å². The summed E-state index contributed by atoms with van der Waals surface area (Å²) in [6, 6.07) is 3.97. The third-order valence-corrected chi connectivity index (χ3v) is 3.15. The van der Waals surface area contributed by atoms with E-state index in [-0.39, 0.29) is 5.28 Å². The number of aromatic nitrogens is 4. The molecule has 18 heavy (non-hydrogen) atoms. The lowest BCUT2D eigenvalue weighted by Gasteiger charge is -2.03. The molecule has 0 aliphatic carbocycles. The van der Waals surface area contributed by atoms with Gasteiger partial charge in [0.25, 0.3) is 0 Å². The summed E-state index contributed by atoms with van der Waals surface area (Å²) < 4.78 is 1.95. The average Bonchev–Trinajstić information content (AvgIpc) is 2.74. The minimum absolute atomic E-state index is 0.169. The van der Waals surface area contributed by atoms with E-state index in [1.165, 1.54) is 6.20 Å². The van der Waals surface area contributed by atoms with Gasteiger partial charge in [0.05, 0.1) is 16.9 Å². The van der Waals surface area contributed by atoms with E-state index in [0.717, 1.165) is 16.6 Å². The standard InChI is InChI=1S/C12H8Cl2N4/c1-18-3-2-7-4-8(5-15-11(7)18)10-9(13)6-16-12(14)17-10/h2-6H,1H3. The average molecular weight is 279 g/mol. The Morgan fingerprint density at radius 3 is 2.83 bits per heavy atom. The van der Waals surface area contributed by atoms with Gasteiger partial charge in [0.15, 0.2) is 0 Å². The third kappa shape index (κ3) is 1.83. The minimum Gasteiger partial charge on any atom is -0.336 e. The highest BCUT2D eigenvalue weighted by atomic mass is 35.5. The lowest BCUT2D eigenvalue weighted by molar-refractivity contribution is 0.948. The third-order valence-electron chi connectivity index (χ3n) is 2.70. The van der Waals surface area contributed by atoms with Gasteiger partial charge in [-0.1, -0.05) is 11.6 Å². The van der Waals surface area contributed by atoms with Crippen LogP contribution in [0.3, 0.4) is 0 Å². The van der Waals surface area contributed by atoms with Crippen LogP contribution in [0, 0.1) is 0 Å². The van der Waals surface area contributed by atoms with E-state index in [1.54, 1.807) is 6.20 Å². The van der Waals surface area contributed by atoms with Gasteiger partial charge >= 0.3 is 0 Å². The van der Waals surface area contributed by atoms with Crippen LogP contribution in [0.5, 0.6) is 0 Å². The molecule has 4 nitrogen and oxygen atoms in total. The molecule has 6 heteroatoms. The van der Waals surface area contributed by atoms with Crippen molar-refractivity contribution >= 4 is 34.2 Å². The van der Waals surface area contributed by atoms with E-state index in [9.17, 15) is 0 Å². The van der Waals surface area contributed by atoms with Crippen LogP contribution in [-0.4, -0.2) is 19.5 Å². The molecule has 3 aromatic heterocycles. The van der Waals surface area contributed by atoms with Crippen molar-refractivity contribution in [1.82, 2.24) is 19.5 Å². The van der Waals surface area contributed by atoms with Crippen molar-refractivity contribution in [3.8, 4) is 11.3 Å². The van der Waals surface area contributed by atoms with Crippen molar-refractivity contribution in [1.29, 1.82) is 0 Å². The van der Waals surface area contributed by atoms with Gasteiger partial charge in [-0.2, -0.15) is 0 Å². The van der Waals surface area contributed by atoms with Gasteiger partial charge in [0.1, 0.15) is 5.65 Å². The fourth-order valence-electron chi connectivity index (χ4n) is 1.83. The summed E-state index contributed by atoms with van der Waals surface area (Å²) >= 11 is 11.9. The van der Waals surface area contributed by atoms with Crippen LogP contribution in [0.1, 0.15) is 0 Å². The molecule has 0 aliphatic heterocycles. The van der Waals surface area contributed by atoms with Crippen LogP contribution in [0.2, 0.25) is 10.3 Å². The van der Waals surface area contributed by atoms with Gasteiger partial charge in [-0.25, -0.2) is 15.0 Å². The number of aryl methyl sites for hydroxylation is 1. The zero-order valence-corrected chi connectivity index (χ0v) is 10.9. The second-order valence-corrected chi connectivity index (χ2v) is 4.64. The largest absolute Gasteiger partial charge is 0.336 e. The smallest absolute Gasteiger partial charge is 0.222 e. The van der Waals surface area contributed by atoms with Crippen molar-refractivity contribution < 1.29 is 0 Å². The second-order valence-electron chi connectivity index (χ2n) is 3.90. The first-order chi connectivity index (χ1) is 8.65. The van der Waals surface area contributed by atoms with E-state index in [4.69, 9.17) is 23.2 Å². The summed E-state index contributed by atoms with van der Waals surface area (Å²) in [5, 5.41) is 1.65. The highest BCUT2D eigenvalue weighted by molar-refractivity contribution is 6.33. The quantitative estimate of drug-likeness (QED) is 0.642. The Balaban J connectivity index is 2.22. The summed E-state index contributed by atoms with van der Waals surface area (Å²) in [6.07, 6.45) is 5.17. The normalized spacial score (nSPS) is 11.1. The number of pyridine rings is 1. The SMILES string of the molecule is Cn1ccc2cc(-c3nc(Cl)ncc3Cl)cnc21. The molecule has 0 amide bonds. The number of hydrogen-bond acceptors (Lipinski definition) is 3. The number of nitrogens with zero attached hydrogens (tertiary/aromatic N) is 4. The van der Waals surface area contributed by atoms with E-state index in [0.29, 0.717) is 10.7 Å². The van der Waals surface area contributed by atoms with Crippen LogP contribution in [-0.2, 0) is 7.05 Å². The van der Waals surface area contributed by atoms with Gasteiger partial charge < -0.3 is 4.57 Å². The predicted molar refractivity (Wildman–Crippen MR) is 71.8 cm³/mol. The molecule has 0 spiro atoms. The Morgan fingerprint density at radius 2 is 2.00 bits per heavy atom. The molecule has 0 bridgehead atoms. The van der Waals surface area contributed by atoms with Crippen LogP contribution < -0.4 is 0 Å². The van der Waals surface area contributed by atoms with Gasteiger partial charge in [-0.05, 0) is 23.7 Å². The van der Waals surface area contributed by atoms with Crippen LogP contribution >= 0.6 is 23.2 Å². The molecule has 3 aromatic rings. The Morgan fingerprint density at radius 1 is 1.17 bits per heavy atom. The second kappa shape index (κ2) is 4.23. The summed E-state index contributed by atoms with van der Waals surface area (Å²) in [5.41, 5.74) is 2.33. The Kier molecular flexibility index (Phi) is 2.69. The first-order valence-electron chi connectivity index (χ1n) is 5.24. The van der Waals surface area contributed by atoms with Crippen LogP contribution in [0.25, 0.3) is 22.3 Å². The molecule has 3 heterocycles. The first-order valence-corrected chi connectivity index (χ1v) is 6.00. The number of rotatable bonds is 1. The van der Waals surface area contributed by atoms with Crippen molar-refractivity contribution in [3.63, 3.8) is 0 Å². The van der Waals surface area contributed by atoms with E-state index in [1.807, 2.05) is 29.9 Å². The molecule has 90 valence electrons. The van der Waals surface area contributed by atoms with Gasteiger partial charge in [-0.3, -0.25) is 0 Å². The molecule has 3 rings (SSSR count). The Bertz CT molecular complexity index is 736. The predicted octanol–water partition coefficient (Wildman–Crippen LogP) is 3.34. The molecule has 0 N–H and O–H groups in total. The van der Waals surface area contributed by atoms with Crippen molar-refractivity contribution in [3.05, 3.63) is 41.0 Å². The fraction of sp³-hybridized carbons (Fsp3) is 0.0833. The fourth-order valence-corrected chi connectivity index (χ4v) is 2.17. The number of hydrogen-bond donors (Lipinski definition) is 0. The molecular weight excluding hydrogens is 271 g/mol. The van der Waals surface area contributed by atoms with E-state index >= 15 is 0 Å².